The van der Waals surface area contributed by atoms with Crippen LogP contribution < -0.4 is 5.32 Å². The molecule has 0 bridgehead atoms. The highest BCUT2D eigenvalue weighted by Gasteiger charge is 2.38. The van der Waals surface area contributed by atoms with Crippen LogP contribution in [0, 0.1) is 18.7 Å². The van der Waals surface area contributed by atoms with Crippen LogP contribution in [-0.4, -0.2) is 63.5 Å². The number of halogens is 1. The van der Waals surface area contributed by atoms with Gasteiger partial charge < -0.3 is 24.9 Å². The number of piperidine rings is 1. The van der Waals surface area contributed by atoms with Gasteiger partial charge in [-0.2, -0.15) is 0 Å². The summed E-state index contributed by atoms with van der Waals surface area (Å²) in [7, 11) is 0. The molecule has 0 aromatic carbocycles. The zero-order valence-corrected chi connectivity index (χ0v) is 16.4. The Morgan fingerprint density at radius 1 is 1.31 bits per heavy atom. The van der Waals surface area contributed by atoms with Gasteiger partial charge in [0.1, 0.15) is 11.5 Å². The van der Waals surface area contributed by atoms with Crippen molar-refractivity contribution in [2.24, 2.45) is 5.92 Å². The molecule has 2 atom stereocenters. The van der Waals surface area contributed by atoms with Crippen molar-refractivity contribution in [1.29, 1.82) is 0 Å². The zero-order valence-electron chi connectivity index (χ0n) is 16.4. The highest BCUT2D eigenvalue weighted by atomic mass is 19.1. The van der Waals surface area contributed by atoms with Gasteiger partial charge in [0.25, 0.3) is 5.91 Å². The maximum absolute atomic E-state index is 13.1. The van der Waals surface area contributed by atoms with E-state index in [0.29, 0.717) is 26.1 Å². The number of hydrogen-bond donors (Lipinski definition) is 3. The number of aromatic amines is 2. The normalized spacial score (nSPS) is 22.8. The van der Waals surface area contributed by atoms with E-state index in [0.717, 1.165) is 36.8 Å². The number of rotatable bonds is 5. The van der Waals surface area contributed by atoms with Crippen LogP contribution in [0.3, 0.4) is 0 Å². The van der Waals surface area contributed by atoms with Gasteiger partial charge in [0, 0.05) is 37.7 Å². The summed E-state index contributed by atoms with van der Waals surface area (Å²) in [6.07, 6.45) is 5.40. The number of carbonyl (C=O) groups excluding carboxylic acids is 2. The lowest BCUT2D eigenvalue weighted by molar-refractivity contribution is -0.132. The minimum atomic E-state index is -0.462. The van der Waals surface area contributed by atoms with E-state index in [1.807, 2.05) is 11.8 Å². The molecule has 2 aliphatic heterocycles. The molecule has 8 nitrogen and oxygen atoms in total. The first-order valence-corrected chi connectivity index (χ1v) is 10.0. The Balaban J connectivity index is 1.30. The van der Waals surface area contributed by atoms with Gasteiger partial charge in [0.2, 0.25) is 5.91 Å². The number of aromatic nitrogens is 3. The Hall–Kier alpha value is -2.68. The second kappa shape index (κ2) is 8.36. The summed E-state index contributed by atoms with van der Waals surface area (Å²) in [5.74, 6) is -0.420. The summed E-state index contributed by atoms with van der Waals surface area (Å²) >= 11 is 0. The van der Waals surface area contributed by atoms with Gasteiger partial charge in [-0.15, -0.1) is 0 Å². The number of H-pyrrole nitrogens is 2. The fourth-order valence-corrected chi connectivity index (χ4v) is 4.27. The Morgan fingerprint density at radius 2 is 2.10 bits per heavy atom. The fourth-order valence-electron chi connectivity index (χ4n) is 4.27. The number of aryl methyl sites for hydroxylation is 1. The quantitative estimate of drug-likeness (QED) is 0.705. The molecule has 29 heavy (non-hydrogen) atoms. The third kappa shape index (κ3) is 4.34. The number of amides is 2. The lowest BCUT2D eigenvalue weighted by Gasteiger charge is -2.36. The summed E-state index contributed by atoms with van der Waals surface area (Å²) < 4.78 is 19.1. The van der Waals surface area contributed by atoms with Crippen LogP contribution in [-0.2, 0) is 16.0 Å². The van der Waals surface area contributed by atoms with Crippen molar-refractivity contribution in [3.05, 3.63) is 41.5 Å². The van der Waals surface area contributed by atoms with Gasteiger partial charge >= 0.3 is 0 Å². The minimum Gasteiger partial charge on any atom is -0.376 e. The van der Waals surface area contributed by atoms with Crippen LogP contribution in [0.2, 0.25) is 0 Å². The standard InChI is InChI=1S/C20H26FN5O3/c1-12-16(24-11-23-12)9-18(27)26-5-2-13(3-6-26)19-15(4-7-29-19)25-20(28)17-8-14(21)10-22-17/h8,10-11,13,15,19,22H,2-7,9H2,1H3,(H,23,24)(H,25,28)/t15-,19+/m1/s1. The Morgan fingerprint density at radius 3 is 2.76 bits per heavy atom. The minimum absolute atomic E-state index is 0.0791. The van der Waals surface area contributed by atoms with Crippen molar-refractivity contribution in [3.8, 4) is 0 Å². The van der Waals surface area contributed by atoms with E-state index < -0.39 is 5.82 Å². The highest BCUT2D eigenvalue weighted by Crippen LogP contribution is 2.30. The van der Waals surface area contributed by atoms with E-state index >= 15 is 0 Å². The summed E-state index contributed by atoms with van der Waals surface area (Å²) in [4.78, 5) is 36.6. The van der Waals surface area contributed by atoms with Gasteiger partial charge in [0.05, 0.1) is 30.6 Å². The third-order valence-corrected chi connectivity index (χ3v) is 5.95. The van der Waals surface area contributed by atoms with Crippen LogP contribution in [0.15, 0.2) is 18.6 Å². The monoisotopic (exact) mass is 403 g/mol. The van der Waals surface area contributed by atoms with Crippen LogP contribution >= 0.6 is 0 Å². The van der Waals surface area contributed by atoms with E-state index in [-0.39, 0.29) is 35.6 Å². The Labute approximate surface area is 168 Å². The summed E-state index contributed by atoms with van der Waals surface area (Å²) in [5, 5.41) is 2.97. The van der Waals surface area contributed by atoms with E-state index in [1.54, 1.807) is 6.33 Å². The first-order chi connectivity index (χ1) is 14.0. The maximum Gasteiger partial charge on any atom is 0.268 e. The first-order valence-electron chi connectivity index (χ1n) is 10.0. The molecule has 0 spiro atoms. The van der Waals surface area contributed by atoms with Crippen molar-refractivity contribution >= 4 is 11.8 Å². The van der Waals surface area contributed by atoms with Gasteiger partial charge in [-0.05, 0) is 32.1 Å². The predicted molar refractivity (Wildman–Crippen MR) is 103 cm³/mol. The number of nitrogens with one attached hydrogen (secondary N) is 3. The number of likely N-dealkylation sites (tertiary alicyclic amines) is 1. The highest BCUT2D eigenvalue weighted by molar-refractivity contribution is 5.92. The molecular weight excluding hydrogens is 377 g/mol. The summed E-state index contributed by atoms with van der Waals surface area (Å²) in [5.41, 5.74) is 1.93. The van der Waals surface area contributed by atoms with Crippen LogP contribution in [0.5, 0.6) is 0 Å². The number of carbonyl (C=O) groups is 2. The molecule has 2 aromatic heterocycles. The number of nitrogens with zero attached hydrogens (tertiary/aromatic N) is 2. The Bertz CT molecular complexity index is 871. The van der Waals surface area contributed by atoms with E-state index in [4.69, 9.17) is 4.74 Å². The van der Waals surface area contributed by atoms with Crippen LogP contribution in [0.25, 0.3) is 0 Å². The van der Waals surface area contributed by atoms with Crippen molar-refractivity contribution in [2.75, 3.05) is 19.7 Å². The van der Waals surface area contributed by atoms with Crippen molar-refractivity contribution in [3.63, 3.8) is 0 Å². The topological polar surface area (TPSA) is 103 Å². The molecule has 0 radical (unpaired) electrons. The third-order valence-electron chi connectivity index (χ3n) is 5.95. The lowest BCUT2D eigenvalue weighted by Crippen LogP contribution is -2.48. The molecule has 0 saturated carbocycles. The second-order valence-electron chi connectivity index (χ2n) is 7.80. The van der Waals surface area contributed by atoms with Gasteiger partial charge in [-0.3, -0.25) is 9.59 Å². The average molecular weight is 403 g/mol. The molecule has 4 heterocycles. The SMILES string of the molecule is Cc1[nH]cnc1CC(=O)N1CCC([C@@H]2OCC[C@H]2NC(=O)c2cc(F)c[nH]2)CC1. The van der Waals surface area contributed by atoms with E-state index in [2.05, 4.69) is 20.3 Å². The van der Waals surface area contributed by atoms with Gasteiger partial charge in [0.15, 0.2) is 0 Å². The molecule has 156 valence electrons. The fraction of sp³-hybridized carbons (Fsp3) is 0.550. The maximum atomic E-state index is 13.1. The number of ether oxygens (including phenoxy) is 1. The molecule has 4 rings (SSSR count). The van der Waals surface area contributed by atoms with Crippen molar-refractivity contribution in [2.45, 2.75) is 44.8 Å². The summed E-state index contributed by atoms with van der Waals surface area (Å²) in [6, 6.07) is 1.08. The van der Waals surface area contributed by atoms with Gasteiger partial charge in [-0.25, -0.2) is 9.37 Å². The molecule has 2 aromatic rings. The second-order valence-corrected chi connectivity index (χ2v) is 7.80. The molecule has 2 fully saturated rings. The Kier molecular flexibility index (Phi) is 5.66. The average Bonchev–Trinajstić information content (AvgIpc) is 3.44. The largest absolute Gasteiger partial charge is 0.376 e. The lowest BCUT2D eigenvalue weighted by atomic mass is 9.87. The van der Waals surface area contributed by atoms with Crippen LogP contribution in [0.4, 0.5) is 4.39 Å². The zero-order chi connectivity index (χ0) is 20.4. The molecule has 0 aliphatic carbocycles. The molecule has 2 saturated heterocycles. The number of hydrogen-bond acceptors (Lipinski definition) is 4. The molecule has 2 amide bonds. The molecular formula is C20H26FN5O3. The van der Waals surface area contributed by atoms with E-state index in [1.165, 1.54) is 6.07 Å². The van der Waals surface area contributed by atoms with Crippen molar-refractivity contribution < 1.29 is 18.7 Å². The summed E-state index contributed by atoms with van der Waals surface area (Å²) in [6.45, 7) is 3.85. The predicted octanol–water partition coefficient (Wildman–Crippen LogP) is 1.55. The smallest absolute Gasteiger partial charge is 0.268 e. The van der Waals surface area contributed by atoms with Crippen molar-refractivity contribution in [1.82, 2.24) is 25.2 Å². The first kappa shape index (κ1) is 19.6. The molecule has 3 N–H and O–H groups in total. The molecule has 0 unspecified atom stereocenters. The molecule has 2 aliphatic rings. The molecule has 9 heteroatoms. The van der Waals surface area contributed by atoms with E-state index in [9.17, 15) is 14.0 Å². The number of imidazole rings is 1. The van der Waals surface area contributed by atoms with Gasteiger partial charge in [-0.1, -0.05) is 0 Å². The van der Waals surface area contributed by atoms with Crippen LogP contribution in [0.1, 0.15) is 41.1 Å².